The molecule has 6 heteroatoms. The molecule has 1 aliphatic heterocycles. The largest absolute Gasteiger partial charge is 0.274 e. The highest BCUT2D eigenvalue weighted by molar-refractivity contribution is 6.17. The first-order valence-electron chi connectivity index (χ1n) is 7.53. The number of carbonyl (C=O) groups excluding carboxylic acids is 2. The molecule has 0 atom stereocenters. The van der Waals surface area contributed by atoms with E-state index >= 15 is 0 Å². The molecule has 0 N–H and O–H groups in total. The number of nitro groups is 1. The Hall–Kier alpha value is -2.24. The zero-order valence-electron chi connectivity index (χ0n) is 12.5. The summed E-state index contributed by atoms with van der Waals surface area (Å²) in [5.74, 6) is -0.377. The van der Waals surface area contributed by atoms with Crippen LogP contribution < -0.4 is 4.90 Å². The van der Waals surface area contributed by atoms with Crippen molar-refractivity contribution < 1.29 is 14.5 Å². The van der Waals surface area contributed by atoms with E-state index in [-0.39, 0.29) is 22.9 Å². The fourth-order valence-electron chi connectivity index (χ4n) is 3.75. The highest BCUT2D eigenvalue weighted by Gasteiger charge is 2.45. The fourth-order valence-corrected chi connectivity index (χ4v) is 3.75. The normalized spacial score (nSPS) is 20.7. The van der Waals surface area contributed by atoms with Gasteiger partial charge in [0.1, 0.15) is 0 Å². The van der Waals surface area contributed by atoms with Crippen molar-refractivity contribution in [2.75, 3.05) is 4.90 Å². The summed E-state index contributed by atoms with van der Waals surface area (Å²) in [5.41, 5.74) is 0.739. The highest BCUT2D eigenvalue weighted by atomic mass is 16.6. The lowest BCUT2D eigenvalue weighted by atomic mass is 9.76. The minimum atomic E-state index is -0.466. The number of carbonyl (C=O) groups is 2. The van der Waals surface area contributed by atoms with E-state index in [4.69, 9.17) is 0 Å². The van der Waals surface area contributed by atoms with Crippen LogP contribution >= 0.6 is 0 Å². The van der Waals surface area contributed by atoms with E-state index in [2.05, 4.69) is 0 Å². The van der Waals surface area contributed by atoms with Gasteiger partial charge in [0.05, 0.1) is 10.6 Å². The van der Waals surface area contributed by atoms with Gasteiger partial charge in [-0.05, 0) is 37.3 Å². The molecule has 3 rings (SSSR count). The Morgan fingerprint density at radius 1 is 1.14 bits per heavy atom. The molecule has 116 valence electrons. The smallest absolute Gasteiger partial charge is 0.272 e. The molecule has 0 radical (unpaired) electrons. The Morgan fingerprint density at radius 2 is 1.73 bits per heavy atom. The summed E-state index contributed by atoms with van der Waals surface area (Å²) < 4.78 is 0. The number of anilines is 1. The van der Waals surface area contributed by atoms with Crippen molar-refractivity contribution in [2.45, 2.75) is 45.4 Å². The number of aryl methyl sites for hydroxylation is 1. The van der Waals surface area contributed by atoms with E-state index in [1.54, 1.807) is 13.0 Å². The molecule has 0 bridgehead atoms. The second kappa shape index (κ2) is 5.19. The second-order valence-corrected chi connectivity index (χ2v) is 6.41. The van der Waals surface area contributed by atoms with Gasteiger partial charge in [0.15, 0.2) is 0 Å². The molecule has 1 heterocycles. The predicted molar refractivity (Wildman–Crippen MR) is 80.5 cm³/mol. The first-order chi connectivity index (χ1) is 10.4. The Bertz CT molecular complexity index is 642. The number of imide groups is 1. The topological polar surface area (TPSA) is 80.5 Å². The molecule has 1 saturated carbocycles. The maximum Gasteiger partial charge on any atom is 0.272 e. The van der Waals surface area contributed by atoms with Gasteiger partial charge in [-0.2, -0.15) is 0 Å². The minimum Gasteiger partial charge on any atom is -0.274 e. The number of hydrogen-bond donors (Lipinski definition) is 0. The van der Waals surface area contributed by atoms with Crippen LogP contribution in [0.4, 0.5) is 11.4 Å². The average molecular weight is 302 g/mol. The van der Waals surface area contributed by atoms with E-state index < -0.39 is 4.92 Å². The Labute approximate surface area is 128 Å². The van der Waals surface area contributed by atoms with Crippen LogP contribution in [0.3, 0.4) is 0 Å². The van der Waals surface area contributed by atoms with E-state index in [0.29, 0.717) is 24.1 Å². The molecule has 22 heavy (non-hydrogen) atoms. The molecule has 0 unspecified atom stereocenters. The van der Waals surface area contributed by atoms with Gasteiger partial charge in [-0.1, -0.05) is 12.8 Å². The maximum atomic E-state index is 12.5. The third-order valence-corrected chi connectivity index (χ3v) is 4.85. The van der Waals surface area contributed by atoms with E-state index in [1.165, 1.54) is 17.0 Å². The molecule has 1 spiro atoms. The van der Waals surface area contributed by atoms with Gasteiger partial charge in [0.25, 0.3) is 5.69 Å². The van der Waals surface area contributed by atoms with Crippen LogP contribution in [0.1, 0.15) is 44.1 Å². The number of piperidine rings is 1. The maximum absolute atomic E-state index is 12.5. The third kappa shape index (κ3) is 2.38. The van der Waals surface area contributed by atoms with Crippen LogP contribution in [0, 0.1) is 22.5 Å². The summed E-state index contributed by atoms with van der Waals surface area (Å²) in [6.07, 6.45) is 4.84. The van der Waals surface area contributed by atoms with Crippen molar-refractivity contribution in [1.82, 2.24) is 0 Å². The van der Waals surface area contributed by atoms with Gasteiger partial charge in [0.2, 0.25) is 11.8 Å². The number of rotatable bonds is 2. The van der Waals surface area contributed by atoms with Gasteiger partial charge < -0.3 is 0 Å². The van der Waals surface area contributed by atoms with Crippen LogP contribution in [0.15, 0.2) is 18.2 Å². The average Bonchev–Trinajstić information content (AvgIpc) is 2.85. The zero-order valence-corrected chi connectivity index (χ0v) is 12.5. The molecule has 1 aromatic carbocycles. The standard InChI is InChI=1S/C16H18N2O4/c1-11-8-12(4-5-13(11)18(21)22)17-14(19)9-16(10-15(17)20)6-2-3-7-16/h4-5,8H,2-3,6-7,9-10H2,1H3. The van der Waals surface area contributed by atoms with Crippen molar-refractivity contribution in [3.05, 3.63) is 33.9 Å². The van der Waals surface area contributed by atoms with Crippen LogP contribution in [0.25, 0.3) is 0 Å². The van der Waals surface area contributed by atoms with Gasteiger partial charge in [0, 0.05) is 24.5 Å². The van der Waals surface area contributed by atoms with Crippen molar-refractivity contribution in [3.8, 4) is 0 Å². The zero-order chi connectivity index (χ0) is 15.9. The number of nitro benzene ring substituents is 1. The molecule has 1 aliphatic carbocycles. The van der Waals surface area contributed by atoms with Crippen molar-refractivity contribution in [1.29, 1.82) is 0 Å². The van der Waals surface area contributed by atoms with Crippen molar-refractivity contribution >= 4 is 23.2 Å². The highest BCUT2D eigenvalue weighted by Crippen LogP contribution is 2.47. The summed E-state index contributed by atoms with van der Waals surface area (Å²) in [4.78, 5) is 36.5. The van der Waals surface area contributed by atoms with Crippen LogP contribution in [0.2, 0.25) is 0 Å². The molecule has 2 aliphatic rings. The Kier molecular flexibility index (Phi) is 3.47. The first kappa shape index (κ1) is 14.7. The predicted octanol–water partition coefficient (Wildman–Crippen LogP) is 3.12. The minimum absolute atomic E-state index is 0.00656. The quantitative estimate of drug-likeness (QED) is 0.477. The van der Waals surface area contributed by atoms with Gasteiger partial charge in [-0.15, -0.1) is 0 Å². The molecule has 1 saturated heterocycles. The lowest BCUT2D eigenvalue weighted by molar-refractivity contribution is -0.385. The molecule has 0 aromatic heterocycles. The summed E-state index contributed by atoms with van der Waals surface area (Å²) in [5, 5.41) is 10.9. The molecule has 1 aromatic rings. The molecular weight excluding hydrogens is 284 g/mol. The monoisotopic (exact) mass is 302 g/mol. The number of benzene rings is 1. The lowest BCUT2D eigenvalue weighted by Crippen LogP contribution is -2.47. The van der Waals surface area contributed by atoms with E-state index in [1.807, 2.05) is 0 Å². The Morgan fingerprint density at radius 3 is 2.23 bits per heavy atom. The van der Waals surface area contributed by atoms with Crippen molar-refractivity contribution in [2.24, 2.45) is 5.41 Å². The first-order valence-corrected chi connectivity index (χ1v) is 7.53. The summed E-state index contributed by atoms with van der Waals surface area (Å²) in [6.45, 7) is 1.61. The van der Waals surface area contributed by atoms with E-state index in [0.717, 1.165) is 25.7 Å². The molecular formula is C16H18N2O4. The lowest BCUT2D eigenvalue weighted by Gasteiger charge is -2.37. The molecule has 2 fully saturated rings. The van der Waals surface area contributed by atoms with Crippen LogP contribution in [0.5, 0.6) is 0 Å². The summed E-state index contributed by atoms with van der Waals surface area (Å²) in [7, 11) is 0. The summed E-state index contributed by atoms with van der Waals surface area (Å²) in [6, 6.07) is 4.37. The van der Waals surface area contributed by atoms with E-state index in [9.17, 15) is 19.7 Å². The number of nitrogens with zero attached hydrogens (tertiary/aromatic N) is 2. The number of hydrogen-bond acceptors (Lipinski definition) is 4. The third-order valence-electron chi connectivity index (χ3n) is 4.85. The van der Waals surface area contributed by atoms with Gasteiger partial charge in [-0.3, -0.25) is 24.6 Å². The van der Waals surface area contributed by atoms with Crippen LogP contribution in [-0.4, -0.2) is 16.7 Å². The SMILES string of the molecule is Cc1cc(N2C(=O)CC3(CCCC3)CC2=O)ccc1[N+](=O)[O-]. The number of amides is 2. The molecule has 2 amide bonds. The molecule has 6 nitrogen and oxygen atoms in total. The second-order valence-electron chi connectivity index (χ2n) is 6.41. The fraction of sp³-hybridized carbons (Fsp3) is 0.500. The van der Waals surface area contributed by atoms with Crippen LogP contribution in [-0.2, 0) is 9.59 Å². The Balaban J connectivity index is 1.89. The summed E-state index contributed by atoms with van der Waals surface area (Å²) >= 11 is 0. The van der Waals surface area contributed by atoms with Crippen molar-refractivity contribution in [3.63, 3.8) is 0 Å². The van der Waals surface area contributed by atoms with Gasteiger partial charge >= 0.3 is 0 Å². The van der Waals surface area contributed by atoms with Gasteiger partial charge in [-0.25, -0.2) is 0 Å².